The highest BCUT2D eigenvalue weighted by Crippen LogP contribution is 2.18. The van der Waals surface area contributed by atoms with Crippen LogP contribution in [-0.4, -0.2) is 18.8 Å². The van der Waals surface area contributed by atoms with Crippen molar-refractivity contribution in [2.24, 2.45) is 0 Å². The Labute approximate surface area is 124 Å². The molecular formula is C18H18FNO. The monoisotopic (exact) mass is 283 g/mol. The maximum absolute atomic E-state index is 13.3. The molecule has 0 aliphatic rings. The lowest BCUT2D eigenvalue weighted by Gasteiger charge is -2.20. The van der Waals surface area contributed by atoms with E-state index in [1.165, 1.54) is 12.1 Å². The molecule has 0 aromatic heterocycles. The van der Waals surface area contributed by atoms with Crippen molar-refractivity contribution in [2.75, 3.05) is 18.6 Å². The Morgan fingerprint density at radius 3 is 2.71 bits per heavy atom. The average molecular weight is 283 g/mol. The first-order chi connectivity index (χ1) is 10.2. The quantitative estimate of drug-likeness (QED) is 0.871. The van der Waals surface area contributed by atoms with Crippen molar-refractivity contribution in [1.29, 1.82) is 0 Å². The molecule has 0 saturated carbocycles. The highest BCUT2D eigenvalue weighted by molar-refractivity contribution is 5.49. The fourth-order valence-electron chi connectivity index (χ4n) is 2.05. The van der Waals surface area contributed by atoms with Gasteiger partial charge in [0.15, 0.2) is 0 Å². The van der Waals surface area contributed by atoms with E-state index >= 15 is 0 Å². The predicted molar refractivity (Wildman–Crippen MR) is 83.5 cm³/mol. The SMILES string of the molecule is CN(Cc1ccccc1C#CCCO)c1cccc(F)c1. The highest BCUT2D eigenvalue weighted by Gasteiger charge is 2.06. The van der Waals surface area contributed by atoms with Gasteiger partial charge in [-0.05, 0) is 29.8 Å². The molecular weight excluding hydrogens is 265 g/mol. The van der Waals surface area contributed by atoms with Gasteiger partial charge in [0.05, 0.1) is 6.61 Å². The zero-order valence-electron chi connectivity index (χ0n) is 12.0. The topological polar surface area (TPSA) is 23.5 Å². The van der Waals surface area contributed by atoms with E-state index in [2.05, 4.69) is 11.8 Å². The van der Waals surface area contributed by atoms with Gasteiger partial charge >= 0.3 is 0 Å². The maximum atomic E-state index is 13.3. The first kappa shape index (κ1) is 15.1. The summed E-state index contributed by atoms with van der Waals surface area (Å²) in [4.78, 5) is 1.98. The zero-order valence-corrected chi connectivity index (χ0v) is 12.0. The molecule has 3 heteroatoms. The molecule has 0 aliphatic carbocycles. The number of benzene rings is 2. The van der Waals surface area contributed by atoms with Crippen molar-refractivity contribution in [3.8, 4) is 11.8 Å². The van der Waals surface area contributed by atoms with Gasteiger partial charge in [0.1, 0.15) is 5.82 Å². The second-order valence-corrected chi connectivity index (χ2v) is 4.77. The fourth-order valence-corrected chi connectivity index (χ4v) is 2.05. The molecule has 2 aromatic rings. The average Bonchev–Trinajstić information content (AvgIpc) is 2.49. The van der Waals surface area contributed by atoms with Crippen LogP contribution in [0.15, 0.2) is 48.5 Å². The third kappa shape index (κ3) is 4.34. The normalized spacial score (nSPS) is 9.86. The van der Waals surface area contributed by atoms with E-state index in [0.717, 1.165) is 16.8 Å². The highest BCUT2D eigenvalue weighted by atomic mass is 19.1. The summed E-state index contributed by atoms with van der Waals surface area (Å²) in [5.41, 5.74) is 2.84. The number of aliphatic hydroxyl groups is 1. The van der Waals surface area contributed by atoms with Crippen LogP contribution in [0, 0.1) is 17.7 Å². The minimum atomic E-state index is -0.240. The Morgan fingerprint density at radius 1 is 1.14 bits per heavy atom. The summed E-state index contributed by atoms with van der Waals surface area (Å²) in [7, 11) is 1.92. The van der Waals surface area contributed by atoms with E-state index in [4.69, 9.17) is 5.11 Å². The molecule has 2 aromatic carbocycles. The van der Waals surface area contributed by atoms with E-state index in [1.54, 1.807) is 6.07 Å². The third-order valence-corrected chi connectivity index (χ3v) is 3.13. The Balaban J connectivity index is 2.18. The summed E-state index contributed by atoms with van der Waals surface area (Å²) < 4.78 is 13.3. The summed E-state index contributed by atoms with van der Waals surface area (Å²) in [6.07, 6.45) is 0.466. The Kier molecular flexibility index (Phi) is 5.36. The van der Waals surface area contributed by atoms with Crippen LogP contribution in [0.1, 0.15) is 17.5 Å². The second kappa shape index (κ2) is 7.47. The van der Waals surface area contributed by atoms with Gasteiger partial charge in [-0.25, -0.2) is 4.39 Å². The smallest absolute Gasteiger partial charge is 0.125 e. The number of halogens is 1. The van der Waals surface area contributed by atoms with Gasteiger partial charge in [-0.3, -0.25) is 0 Å². The van der Waals surface area contributed by atoms with Gasteiger partial charge in [-0.15, -0.1) is 0 Å². The Morgan fingerprint density at radius 2 is 1.95 bits per heavy atom. The molecule has 0 radical (unpaired) electrons. The van der Waals surface area contributed by atoms with Crippen molar-refractivity contribution in [2.45, 2.75) is 13.0 Å². The number of hydrogen-bond acceptors (Lipinski definition) is 2. The molecule has 2 rings (SSSR count). The van der Waals surface area contributed by atoms with Gasteiger partial charge in [-0.1, -0.05) is 36.1 Å². The third-order valence-electron chi connectivity index (χ3n) is 3.13. The van der Waals surface area contributed by atoms with E-state index < -0.39 is 0 Å². The summed E-state index contributed by atoms with van der Waals surface area (Å²) >= 11 is 0. The van der Waals surface area contributed by atoms with E-state index in [0.29, 0.717) is 13.0 Å². The van der Waals surface area contributed by atoms with Crippen molar-refractivity contribution >= 4 is 5.69 Å². The molecule has 0 saturated heterocycles. The molecule has 1 N–H and O–H groups in total. The molecule has 0 bridgehead atoms. The molecule has 108 valence electrons. The minimum absolute atomic E-state index is 0.0678. The molecule has 21 heavy (non-hydrogen) atoms. The van der Waals surface area contributed by atoms with Gasteiger partial charge in [0.2, 0.25) is 0 Å². The molecule has 0 aliphatic heterocycles. The van der Waals surface area contributed by atoms with Gasteiger partial charge < -0.3 is 10.0 Å². The van der Waals surface area contributed by atoms with Crippen LogP contribution in [-0.2, 0) is 6.54 Å². The minimum Gasteiger partial charge on any atom is -0.395 e. The van der Waals surface area contributed by atoms with Crippen LogP contribution >= 0.6 is 0 Å². The van der Waals surface area contributed by atoms with Crippen LogP contribution < -0.4 is 4.90 Å². The number of rotatable bonds is 4. The molecule has 0 fully saturated rings. The summed E-state index contributed by atoms with van der Waals surface area (Å²) in [6.45, 7) is 0.714. The Hall–Kier alpha value is -2.31. The van der Waals surface area contributed by atoms with Crippen molar-refractivity contribution in [3.05, 3.63) is 65.5 Å². The van der Waals surface area contributed by atoms with Crippen LogP contribution in [0.5, 0.6) is 0 Å². The molecule has 0 unspecified atom stereocenters. The molecule has 0 amide bonds. The summed E-state index contributed by atoms with van der Waals surface area (Å²) in [6, 6.07) is 14.4. The number of hydrogen-bond donors (Lipinski definition) is 1. The number of anilines is 1. The lowest BCUT2D eigenvalue weighted by atomic mass is 10.1. The molecule has 0 atom stereocenters. The van der Waals surface area contributed by atoms with Crippen molar-refractivity contribution < 1.29 is 9.50 Å². The zero-order chi connectivity index (χ0) is 15.1. The predicted octanol–water partition coefficient (Wildman–Crippen LogP) is 3.20. The fraction of sp³-hybridized carbons (Fsp3) is 0.222. The number of nitrogens with zero attached hydrogens (tertiary/aromatic N) is 1. The summed E-state index contributed by atoms with van der Waals surface area (Å²) in [5, 5.41) is 8.79. The van der Waals surface area contributed by atoms with Crippen LogP contribution in [0.4, 0.5) is 10.1 Å². The van der Waals surface area contributed by atoms with E-state index in [-0.39, 0.29) is 12.4 Å². The van der Waals surface area contributed by atoms with Crippen LogP contribution in [0.25, 0.3) is 0 Å². The second-order valence-electron chi connectivity index (χ2n) is 4.77. The van der Waals surface area contributed by atoms with Gasteiger partial charge in [-0.2, -0.15) is 0 Å². The molecule has 2 nitrogen and oxygen atoms in total. The van der Waals surface area contributed by atoms with Crippen LogP contribution in [0.3, 0.4) is 0 Å². The maximum Gasteiger partial charge on any atom is 0.125 e. The lowest BCUT2D eigenvalue weighted by molar-refractivity contribution is 0.305. The first-order valence-corrected chi connectivity index (χ1v) is 6.85. The molecule has 0 heterocycles. The largest absolute Gasteiger partial charge is 0.395 e. The first-order valence-electron chi connectivity index (χ1n) is 6.85. The lowest BCUT2D eigenvalue weighted by Crippen LogP contribution is -2.17. The number of aliphatic hydroxyl groups excluding tert-OH is 1. The van der Waals surface area contributed by atoms with Crippen molar-refractivity contribution in [3.63, 3.8) is 0 Å². The van der Waals surface area contributed by atoms with Crippen molar-refractivity contribution in [1.82, 2.24) is 0 Å². The molecule has 0 spiro atoms. The van der Waals surface area contributed by atoms with Crippen LogP contribution in [0.2, 0.25) is 0 Å². The van der Waals surface area contributed by atoms with Gasteiger partial charge in [0, 0.05) is 31.3 Å². The van der Waals surface area contributed by atoms with E-state index in [1.807, 2.05) is 42.3 Å². The van der Waals surface area contributed by atoms with E-state index in [9.17, 15) is 4.39 Å². The van der Waals surface area contributed by atoms with Gasteiger partial charge in [0.25, 0.3) is 0 Å². The Bertz CT molecular complexity index is 658. The standard InChI is InChI=1S/C18H18FNO/c1-20(18-11-6-10-17(19)13-18)14-16-9-3-2-7-15(16)8-4-5-12-21/h2-3,6-7,9-11,13,21H,5,12,14H2,1H3. The summed E-state index contributed by atoms with van der Waals surface area (Å²) in [5.74, 6) is 5.77.